The Bertz CT molecular complexity index is 376. The number of aromatic amines is 1. The quantitative estimate of drug-likeness (QED) is 0.680. The topological polar surface area (TPSA) is 70.2 Å². The van der Waals surface area contributed by atoms with Crippen molar-refractivity contribution in [2.24, 2.45) is 0 Å². The first kappa shape index (κ1) is 9.51. The zero-order chi connectivity index (χ0) is 10.2. The van der Waals surface area contributed by atoms with Gasteiger partial charge < -0.3 is 10.1 Å². The number of aromatic nitrogens is 1. The SMILES string of the molecule is CC(=O)c1[nH]c(C)c(C)c1C(=O)O. The highest BCUT2D eigenvalue weighted by Gasteiger charge is 2.20. The molecule has 0 bridgehead atoms. The van der Waals surface area contributed by atoms with Crippen molar-refractivity contribution in [3.8, 4) is 0 Å². The van der Waals surface area contributed by atoms with E-state index in [9.17, 15) is 9.59 Å². The van der Waals surface area contributed by atoms with Gasteiger partial charge in [0, 0.05) is 12.6 Å². The lowest BCUT2D eigenvalue weighted by molar-refractivity contribution is 0.0691. The van der Waals surface area contributed by atoms with Gasteiger partial charge in [-0.3, -0.25) is 4.79 Å². The Hall–Kier alpha value is -1.58. The molecule has 0 amide bonds. The molecule has 0 spiro atoms. The van der Waals surface area contributed by atoms with Gasteiger partial charge in [0.15, 0.2) is 5.78 Å². The Morgan fingerprint density at radius 3 is 2.15 bits per heavy atom. The lowest BCUT2D eigenvalue weighted by atomic mass is 10.1. The minimum absolute atomic E-state index is 0.0880. The molecule has 0 saturated carbocycles. The van der Waals surface area contributed by atoms with Gasteiger partial charge in [-0.2, -0.15) is 0 Å². The summed E-state index contributed by atoms with van der Waals surface area (Å²) in [4.78, 5) is 24.6. The van der Waals surface area contributed by atoms with E-state index in [1.54, 1.807) is 13.8 Å². The number of carbonyl (C=O) groups excluding carboxylic acids is 1. The van der Waals surface area contributed by atoms with Crippen molar-refractivity contribution in [1.82, 2.24) is 4.98 Å². The van der Waals surface area contributed by atoms with Gasteiger partial charge in [-0.1, -0.05) is 0 Å². The Labute approximate surface area is 75.6 Å². The molecule has 0 aliphatic carbocycles. The first-order chi connectivity index (χ1) is 5.95. The fourth-order valence-corrected chi connectivity index (χ4v) is 1.25. The molecule has 0 fully saturated rings. The number of nitrogens with one attached hydrogen (secondary N) is 1. The highest BCUT2D eigenvalue weighted by molar-refractivity contribution is 6.04. The smallest absolute Gasteiger partial charge is 0.338 e. The van der Waals surface area contributed by atoms with Crippen LogP contribution < -0.4 is 0 Å². The molecule has 1 aromatic rings. The van der Waals surface area contributed by atoms with Crippen molar-refractivity contribution >= 4 is 11.8 Å². The van der Waals surface area contributed by atoms with Crippen LogP contribution in [0.15, 0.2) is 0 Å². The van der Waals surface area contributed by atoms with E-state index in [2.05, 4.69) is 4.98 Å². The van der Waals surface area contributed by atoms with Crippen LogP contribution in [0.1, 0.15) is 39.0 Å². The van der Waals surface area contributed by atoms with Crippen molar-refractivity contribution in [2.75, 3.05) is 0 Å². The van der Waals surface area contributed by atoms with E-state index in [4.69, 9.17) is 5.11 Å². The maximum Gasteiger partial charge on any atom is 0.338 e. The van der Waals surface area contributed by atoms with Gasteiger partial charge in [-0.15, -0.1) is 0 Å². The van der Waals surface area contributed by atoms with E-state index in [0.717, 1.165) is 5.69 Å². The third-order valence-corrected chi connectivity index (χ3v) is 2.07. The van der Waals surface area contributed by atoms with E-state index in [-0.39, 0.29) is 17.0 Å². The number of hydrogen-bond acceptors (Lipinski definition) is 2. The van der Waals surface area contributed by atoms with Gasteiger partial charge >= 0.3 is 5.97 Å². The molecule has 0 saturated heterocycles. The van der Waals surface area contributed by atoms with Gasteiger partial charge in [-0.25, -0.2) is 4.79 Å². The lowest BCUT2D eigenvalue weighted by Crippen LogP contribution is -2.05. The van der Waals surface area contributed by atoms with Crippen LogP contribution in [0.25, 0.3) is 0 Å². The Morgan fingerprint density at radius 2 is 1.85 bits per heavy atom. The number of rotatable bonds is 2. The van der Waals surface area contributed by atoms with Crippen LogP contribution in [-0.2, 0) is 0 Å². The number of hydrogen-bond donors (Lipinski definition) is 2. The minimum Gasteiger partial charge on any atom is -0.478 e. The molecule has 70 valence electrons. The molecule has 0 unspecified atom stereocenters. The Kier molecular flexibility index (Phi) is 2.23. The number of Topliss-reactive ketones (excluding diaryl/α,β-unsaturated/α-hetero) is 1. The summed E-state index contributed by atoms with van der Waals surface area (Å²) in [7, 11) is 0. The molecule has 1 rings (SSSR count). The predicted octanol–water partition coefficient (Wildman–Crippen LogP) is 1.53. The molecular weight excluding hydrogens is 170 g/mol. The number of carboxylic acid groups (broad SMARTS) is 1. The number of ketones is 1. The normalized spacial score (nSPS) is 10.1. The molecule has 0 aliphatic rings. The summed E-state index contributed by atoms with van der Waals surface area (Å²) in [5.41, 5.74) is 1.62. The molecule has 0 atom stereocenters. The molecule has 0 aromatic carbocycles. The van der Waals surface area contributed by atoms with Gasteiger partial charge in [0.1, 0.15) is 0 Å². The highest BCUT2D eigenvalue weighted by Crippen LogP contribution is 2.17. The van der Waals surface area contributed by atoms with Gasteiger partial charge in [0.2, 0.25) is 0 Å². The second-order valence-corrected chi connectivity index (χ2v) is 2.99. The number of H-pyrrole nitrogens is 1. The van der Waals surface area contributed by atoms with Crippen LogP contribution in [0.5, 0.6) is 0 Å². The van der Waals surface area contributed by atoms with E-state index in [1.165, 1.54) is 6.92 Å². The van der Waals surface area contributed by atoms with E-state index in [0.29, 0.717) is 5.56 Å². The molecule has 13 heavy (non-hydrogen) atoms. The highest BCUT2D eigenvalue weighted by atomic mass is 16.4. The molecule has 0 radical (unpaired) electrons. The van der Waals surface area contributed by atoms with E-state index < -0.39 is 5.97 Å². The maximum absolute atomic E-state index is 11.0. The average Bonchev–Trinajstić information content (AvgIpc) is 2.28. The number of aryl methyl sites for hydroxylation is 1. The van der Waals surface area contributed by atoms with Crippen LogP contribution in [0, 0.1) is 13.8 Å². The molecule has 1 heterocycles. The van der Waals surface area contributed by atoms with Crippen LogP contribution in [0.4, 0.5) is 0 Å². The summed E-state index contributed by atoms with van der Waals surface area (Å²) in [6.45, 7) is 4.77. The average molecular weight is 181 g/mol. The first-order valence-corrected chi connectivity index (χ1v) is 3.88. The molecule has 1 aromatic heterocycles. The van der Waals surface area contributed by atoms with Gasteiger partial charge in [0.05, 0.1) is 11.3 Å². The van der Waals surface area contributed by atoms with Crippen molar-refractivity contribution in [3.63, 3.8) is 0 Å². The number of aromatic carboxylic acids is 1. The third-order valence-electron chi connectivity index (χ3n) is 2.07. The summed E-state index contributed by atoms with van der Waals surface area (Å²) in [5.74, 6) is -1.32. The van der Waals surface area contributed by atoms with Gasteiger partial charge in [0.25, 0.3) is 0 Å². The van der Waals surface area contributed by atoms with Crippen LogP contribution >= 0.6 is 0 Å². The van der Waals surface area contributed by atoms with Crippen molar-refractivity contribution in [2.45, 2.75) is 20.8 Å². The van der Waals surface area contributed by atoms with Crippen LogP contribution in [0.3, 0.4) is 0 Å². The summed E-state index contributed by atoms with van der Waals surface area (Å²) < 4.78 is 0. The molecule has 4 heteroatoms. The van der Waals surface area contributed by atoms with Gasteiger partial charge in [-0.05, 0) is 19.4 Å². The standard InChI is InChI=1S/C9H11NO3/c1-4-5(2)10-8(6(3)11)7(4)9(12)13/h10H,1-3H3,(H,12,13). The maximum atomic E-state index is 11.0. The summed E-state index contributed by atoms with van der Waals surface area (Å²) in [6.07, 6.45) is 0. The van der Waals surface area contributed by atoms with Crippen LogP contribution in [0.2, 0.25) is 0 Å². The van der Waals surface area contributed by atoms with Crippen molar-refractivity contribution in [1.29, 1.82) is 0 Å². The largest absolute Gasteiger partial charge is 0.478 e. The second kappa shape index (κ2) is 3.05. The zero-order valence-electron chi connectivity index (χ0n) is 7.76. The number of carbonyl (C=O) groups is 2. The molecule has 0 aliphatic heterocycles. The Morgan fingerprint density at radius 1 is 1.31 bits per heavy atom. The summed E-state index contributed by atoms with van der Waals surface area (Å²) in [5, 5.41) is 8.84. The number of carboxylic acids is 1. The first-order valence-electron chi connectivity index (χ1n) is 3.88. The van der Waals surface area contributed by atoms with E-state index in [1.807, 2.05) is 0 Å². The van der Waals surface area contributed by atoms with Crippen molar-refractivity contribution < 1.29 is 14.7 Å². The lowest BCUT2D eigenvalue weighted by Gasteiger charge is -1.94. The summed E-state index contributed by atoms with van der Waals surface area (Å²) >= 11 is 0. The fourth-order valence-electron chi connectivity index (χ4n) is 1.25. The van der Waals surface area contributed by atoms with Crippen molar-refractivity contribution in [3.05, 3.63) is 22.5 Å². The molecule has 2 N–H and O–H groups in total. The molecular formula is C9H11NO3. The van der Waals surface area contributed by atoms with Crippen LogP contribution in [-0.4, -0.2) is 21.8 Å². The fraction of sp³-hybridized carbons (Fsp3) is 0.333. The third kappa shape index (κ3) is 1.47. The van der Waals surface area contributed by atoms with E-state index >= 15 is 0 Å². The summed E-state index contributed by atoms with van der Waals surface area (Å²) in [6, 6.07) is 0. The predicted molar refractivity (Wildman–Crippen MR) is 47.2 cm³/mol. The second-order valence-electron chi connectivity index (χ2n) is 2.99. The molecule has 4 nitrogen and oxygen atoms in total. The zero-order valence-corrected chi connectivity index (χ0v) is 7.76. The minimum atomic E-state index is -1.06. The monoisotopic (exact) mass is 181 g/mol. The Balaban J connectivity index is 3.44.